The van der Waals surface area contributed by atoms with Gasteiger partial charge in [-0.05, 0) is 12.0 Å². The van der Waals surface area contributed by atoms with Crippen molar-refractivity contribution in [1.82, 2.24) is 0 Å². The monoisotopic (exact) mass is 504 g/mol. The number of hydrogen-bond acceptors (Lipinski definition) is 1. The van der Waals surface area contributed by atoms with Crippen LogP contribution in [0, 0.1) is 6.07 Å². The number of rotatable bonds is 3. The minimum atomic E-state index is 0. The van der Waals surface area contributed by atoms with Gasteiger partial charge >= 0.3 is 26.2 Å². The molecule has 0 amide bonds. The van der Waals surface area contributed by atoms with Gasteiger partial charge in [0.25, 0.3) is 0 Å². The number of aryl methyl sites for hydroxylation is 2. The van der Waals surface area contributed by atoms with Crippen LogP contribution in [0.1, 0.15) is 36.1 Å². The molecule has 3 aromatic carbocycles. The van der Waals surface area contributed by atoms with Crippen molar-refractivity contribution in [2.75, 3.05) is 7.11 Å². The van der Waals surface area contributed by atoms with Gasteiger partial charge in [0.15, 0.2) is 0 Å². The van der Waals surface area contributed by atoms with E-state index in [0.29, 0.717) is 0 Å². The van der Waals surface area contributed by atoms with Crippen LogP contribution in [0.3, 0.4) is 0 Å². The van der Waals surface area contributed by atoms with E-state index in [-0.39, 0.29) is 51.0 Å². The molecule has 0 spiro atoms. The Balaban J connectivity index is 0. The second-order valence-electron chi connectivity index (χ2n) is 6.02. The van der Waals surface area contributed by atoms with Crippen LogP contribution >= 0.6 is 0 Å². The fraction of sp³-hybridized carbons (Fsp3) is 0.240. The SMILES string of the molecule is C=C.CCc1ccc[c-]1CC.COc1cc[c-]c2c1-c1ccccc1C2.[Cl-].[Cl-].[Zr+4]. The van der Waals surface area contributed by atoms with E-state index in [0.717, 1.165) is 12.2 Å². The number of benzene rings is 2. The molecule has 0 aromatic heterocycles. The van der Waals surface area contributed by atoms with E-state index in [4.69, 9.17) is 4.74 Å². The summed E-state index contributed by atoms with van der Waals surface area (Å²) in [6.07, 6.45) is 3.33. The topological polar surface area (TPSA) is 9.23 Å². The smallest absolute Gasteiger partial charge is 1.00 e. The molecule has 1 nitrogen and oxygen atoms in total. The van der Waals surface area contributed by atoms with Gasteiger partial charge in [0.2, 0.25) is 0 Å². The zero-order valence-electron chi connectivity index (χ0n) is 17.4. The molecule has 29 heavy (non-hydrogen) atoms. The molecular weight excluding hydrogens is 478 g/mol. The van der Waals surface area contributed by atoms with Crippen molar-refractivity contribution in [3.05, 3.63) is 96.1 Å². The van der Waals surface area contributed by atoms with Crippen LogP contribution in [-0.2, 0) is 45.5 Å². The zero-order valence-corrected chi connectivity index (χ0v) is 21.4. The summed E-state index contributed by atoms with van der Waals surface area (Å²) in [6, 6.07) is 22.2. The van der Waals surface area contributed by atoms with E-state index in [9.17, 15) is 0 Å². The predicted molar refractivity (Wildman–Crippen MR) is 112 cm³/mol. The van der Waals surface area contributed by atoms with E-state index < -0.39 is 0 Å². The minimum Gasteiger partial charge on any atom is -1.00 e. The van der Waals surface area contributed by atoms with Gasteiger partial charge in [-0.3, -0.25) is 0 Å². The Hall–Kier alpha value is -1.21. The number of ether oxygens (including phenoxy) is 1. The van der Waals surface area contributed by atoms with Crippen LogP contribution < -0.4 is 29.6 Å². The van der Waals surface area contributed by atoms with Crippen LogP contribution in [0.15, 0.2) is 67.8 Å². The first kappa shape index (κ1) is 30.0. The van der Waals surface area contributed by atoms with Crippen molar-refractivity contribution in [1.29, 1.82) is 0 Å². The van der Waals surface area contributed by atoms with Gasteiger partial charge in [0.05, 0.1) is 7.11 Å². The molecule has 0 N–H and O–H groups in total. The molecule has 1 aliphatic carbocycles. The third-order valence-corrected chi connectivity index (χ3v) is 4.68. The van der Waals surface area contributed by atoms with Crippen molar-refractivity contribution in [2.24, 2.45) is 0 Å². The minimum absolute atomic E-state index is 0. The van der Waals surface area contributed by atoms with Crippen molar-refractivity contribution < 1.29 is 55.8 Å². The van der Waals surface area contributed by atoms with Gasteiger partial charge in [-0.2, -0.15) is 29.3 Å². The Labute approximate surface area is 207 Å². The van der Waals surface area contributed by atoms with Crippen LogP contribution in [0.4, 0.5) is 0 Å². The summed E-state index contributed by atoms with van der Waals surface area (Å²) in [7, 11) is 1.72. The molecule has 0 heterocycles. The van der Waals surface area contributed by atoms with Crippen LogP contribution in [0.5, 0.6) is 5.75 Å². The Bertz CT molecular complexity index is 824. The number of fused-ring (bicyclic) bond motifs is 3. The largest absolute Gasteiger partial charge is 4.00 e. The van der Waals surface area contributed by atoms with Gasteiger partial charge in [0, 0.05) is 5.75 Å². The predicted octanol–water partition coefficient (Wildman–Crippen LogP) is 0.405. The quantitative estimate of drug-likeness (QED) is 0.289. The van der Waals surface area contributed by atoms with E-state index in [1.54, 1.807) is 7.11 Å². The Morgan fingerprint density at radius 1 is 1.03 bits per heavy atom. The average molecular weight is 507 g/mol. The molecule has 152 valence electrons. The summed E-state index contributed by atoms with van der Waals surface area (Å²) in [5.41, 5.74) is 8.15. The molecule has 1 aliphatic rings. The van der Waals surface area contributed by atoms with Crippen LogP contribution in [0.25, 0.3) is 11.1 Å². The van der Waals surface area contributed by atoms with E-state index in [1.807, 2.05) is 12.1 Å². The first-order chi connectivity index (χ1) is 12.8. The summed E-state index contributed by atoms with van der Waals surface area (Å²) in [5.74, 6) is 0.952. The first-order valence-corrected chi connectivity index (χ1v) is 9.17. The second-order valence-corrected chi connectivity index (χ2v) is 6.02. The standard InChI is InChI=1S/C14H11O.C9H13.C2H4.2ClH.Zr/c1-15-13-8-4-6-11-9-10-5-2-3-7-12(10)14(11)13;1-3-8-6-5-7-9(8)4-2;1-2;;;/h2-5,7-8H,9H2,1H3;5-7H,3-4H2,1-2H3;1-2H2;2*1H;/q2*-1;;;;+4/p-2. The Morgan fingerprint density at radius 3 is 2.31 bits per heavy atom. The maximum atomic E-state index is 5.39. The van der Waals surface area contributed by atoms with Crippen molar-refractivity contribution in [3.8, 4) is 16.9 Å². The van der Waals surface area contributed by atoms with Gasteiger partial charge in [-0.25, -0.2) is 12.1 Å². The van der Waals surface area contributed by atoms with Crippen molar-refractivity contribution in [2.45, 2.75) is 33.1 Å². The molecule has 0 atom stereocenters. The van der Waals surface area contributed by atoms with Crippen molar-refractivity contribution in [3.63, 3.8) is 0 Å². The summed E-state index contributed by atoms with van der Waals surface area (Å²) >= 11 is 0. The third-order valence-electron chi connectivity index (χ3n) is 4.68. The fourth-order valence-corrected chi connectivity index (χ4v) is 3.42. The van der Waals surface area contributed by atoms with E-state index in [1.165, 1.54) is 46.2 Å². The molecule has 4 heteroatoms. The summed E-state index contributed by atoms with van der Waals surface area (Å²) in [5, 5.41) is 0. The molecule has 0 unspecified atom stereocenters. The third kappa shape index (κ3) is 7.21. The molecule has 0 fully saturated rings. The maximum absolute atomic E-state index is 5.39. The molecule has 0 bridgehead atoms. The van der Waals surface area contributed by atoms with Gasteiger partial charge in [-0.15, -0.1) is 24.8 Å². The molecule has 0 radical (unpaired) electrons. The number of methoxy groups -OCH3 is 1. The van der Waals surface area contributed by atoms with Gasteiger partial charge in [-0.1, -0.05) is 62.1 Å². The van der Waals surface area contributed by atoms with Gasteiger partial charge < -0.3 is 29.6 Å². The molecule has 4 rings (SSSR count). The normalized spacial score (nSPS) is 9.48. The summed E-state index contributed by atoms with van der Waals surface area (Å²) < 4.78 is 5.39. The zero-order chi connectivity index (χ0) is 18.9. The van der Waals surface area contributed by atoms with E-state index >= 15 is 0 Å². The fourth-order valence-electron chi connectivity index (χ4n) is 3.42. The Kier molecular flexibility index (Phi) is 16.1. The number of halogens is 2. The summed E-state index contributed by atoms with van der Waals surface area (Å²) in [6.45, 7) is 10.4. The van der Waals surface area contributed by atoms with Crippen LogP contribution in [0.2, 0.25) is 0 Å². The molecular formula is C25H28Cl2OZr. The number of hydrogen-bond donors (Lipinski definition) is 0. The molecule has 3 aromatic rings. The van der Waals surface area contributed by atoms with Crippen molar-refractivity contribution >= 4 is 0 Å². The molecule has 0 aliphatic heterocycles. The summed E-state index contributed by atoms with van der Waals surface area (Å²) in [4.78, 5) is 0. The maximum Gasteiger partial charge on any atom is 4.00 e. The average Bonchev–Trinajstić information content (AvgIpc) is 3.33. The second kappa shape index (κ2) is 15.6. The van der Waals surface area contributed by atoms with Gasteiger partial charge in [0.1, 0.15) is 0 Å². The Morgan fingerprint density at radius 2 is 1.72 bits per heavy atom. The van der Waals surface area contributed by atoms with Crippen LogP contribution in [-0.4, -0.2) is 7.11 Å². The molecule has 0 saturated carbocycles. The first-order valence-electron chi connectivity index (χ1n) is 9.17. The molecule has 0 saturated heterocycles. The van der Waals surface area contributed by atoms with E-state index in [2.05, 4.69) is 75.5 Å².